The van der Waals surface area contributed by atoms with E-state index in [-0.39, 0.29) is 11.6 Å². The minimum atomic E-state index is -0.451. The summed E-state index contributed by atoms with van der Waals surface area (Å²) in [5, 5.41) is 15.5. The van der Waals surface area contributed by atoms with Crippen LogP contribution in [-0.2, 0) is 6.54 Å². The molecule has 26 heavy (non-hydrogen) atoms. The van der Waals surface area contributed by atoms with Gasteiger partial charge >= 0.3 is 0 Å². The van der Waals surface area contributed by atoms with Gasteiger partial charge in [-0.3, -0.25) is 10.1 Å². The van der Waals surface area contributed by atoms with Crippen molar-refractivity contribution in [1.29, 1.82) is 0 Å². The smallest absolute Gasteiger partial charge is 0.292 e. The summed E-state index contributed by atoms with van der Waals surface area (Å²) in [7, 11) is 0. The zero-order chi connectivity index (χ0) is 18.7. The minimum Gasteiger partial charge on any atom is -0.375 e. The third kappa shape index (κ3) is 4.01. The summed E-state index contributed by atoms with van der Waals surface area (Å²) in [6.07, 6.45) is 3.03. The van der Waals surface area contributed by atoms with Crippen LogP contribution in [0.5, 0.6) is 0 Å². The maximum absolute atomic E-state index is 11.5. The molecule has 0 amide bonds. The highest BCUT2D eigenvalue weighted by Crippen LogP contribution is 2.31. The molecule has 0 aliphatic heterocycles. The Morgan fingerprint density at radius 1 is 1.08 bits per heavy atom. The van der Waals surface area contributed by atoms with E-state index in [1.165, 1.54) is 18.5 Å². The molecule has 0 radical (unpaired) electrons. The van der Waals surface area contributed by atoms with E-state index in [9.17, 15) is 10.1 Å². The number of nitro benzene ring substituents is 1. The van der Waals surface area contributed by atoms with Crippen molar-refractivity contribution in [2.75, 3.05) is 11.1 Å². The van der Waals surface area contributed by atoms with Crippen LogP contribution >= 0.6 is 23.2 Å². The van der Waals surface area contributed by atoms with Crippen LogP contribution in [0.25, 0.3) is 11.1 Å². The standard InChI is InChI=1S/C17H13Cl2N5O2/c18-13-3-1-11(14(19)6-13)7-21-15-4-2-10(5-16(15)24(25)26)12-8-22-17(20)23-9-12/h1-6,8-9,21H,7H2,(H2,20,22,23). The summed E-state index contributed by atoms with van der Waals surface area (Å²) >= 11 is 12.0. The fourth-order valence-electron chi connectivity index (χ4n) is 2.35. The third-order valence-corrected chi connectivity index (χ3v) is 4.27. The van der Waals surface area contributed by atoms with Gasteiger partial charge in [0.25, 0.3) is 5.69 Å². The van der Waals surface area contributed by atoms with Crippen molar-refractivity contribution in [1.82, 2.24) is 9.97 Å². The second-order valence-corrected chi connectivity index (χ2v) is 6.25. The molecule has 0 fully saturated rings. The predicted octanol–water partition coefficient (Wildman–Crippen LogP) is 4.55. The average molecular weight is 390 g/mol. The SMILES string of the molecule is Nc1ncc(-c2ccc(NCc3ccc(Cl)cc3Cl)c([N+](=O)[O-])c2)cn1. The molecule has 0 saturated heterocycles. The van der Waals surface area contributed by atoms with Gasteiger partial charge in [-0.15, -0.1) is 0 Å². The molecule has 9 heteroatoms. The quantitative estimate of drug-likeness (QED) is 0.489. The number of nitrogen functional groups attached to an aromatic ring is 1. The topological polar surface area (TPSA) is 107 Å². The molecule has 0 aliphatic rings. The van der Waals surface area contributed by atoms with E-state index in [1.54, 1.807) is 30.3 Å². The molecule has 0 spiro atoms. The first-order chi connectivity index (χ1) is 12.4. The Bertz CT molecular complexity index is 964. The van der Waals surface area contributed by atoms with Crippen LogP contribution < -0.4 is 11.1 Å². The first-order valence-corrected chi connectivity index (χ1v) is 8.24. The Morgan fingerprint density at radius 3 is 2.46 bits per heavy atom. The number of hydrogen-bond donors (Lipinski definition) is 2. The van der Waals surface area contributed by atoms with Crippen LogP contribution in [0.15, 0.2) is 48.8 Å². The first kappa shape index (κ1) is 17.9. The number of nitrogens with one attached hydrogen (secondary N) is 1. The van der Waals surface area contributed by atoms with Crippen molar-refractivity contribution < 1.29 is 4.92 Å². The first-order valence-electron chi connectivity index (χ1n) is 7.48. The van der Waals surface area contributed by atoms with E-state index in [4.69, 9.17) is 28.9 Å². The summed E-state index contributed by atoms with van der Waals surface area (Å²) in [4.78, 5) is 18.8. The summed E-state index contributed by atoms with van der Waals surface area (Å²) in [6, 6.07) is 9.94. The molecule has 0 unspecified atom stereocenters. The molecular weight excluding hydrogens is 377 g/mol. The largest absolute Gasteiger partial charge is 0.375 e. The molecule has 2 aromatic carbocycles. The third-order valence-electron chi connectivity index (χ3n) is 3.68. The van der Waals surface area contributed by atoms with E-state index in [0.29, 0.717) is 33.4 Å². The summed E-state index contributed by atoms with van der Waals surface area (Å²) < 4.78 is 0. The predicted molar refractivity (Wildman–Crippen MR) is 102 cm³/mol. The summed E-state index contributed by atoms with van der Waals surface area (Å²) in [5.41, 5.74) is 7.80. The molecule has 0 saturated carbocycles. The molecule has 3 rings (SSSR count). The number of nitrogens with two attached hydrogens (primary N) is 1. The molecule has 7 nitrogen and oxygen atoms in total. The number of anilines is 2. The number of aromatic nitrogens is 2. The van der Waals surface area contributed by atoms with Gasteiger partial charge in [-0.25, -0.2) is 9.97 Å². The molecule has 0 atom stereocenters. The maximum atomic E-state index is 11.5. The minimum absolute atomic E-state index is 0.0654. The number of benzene rings is 2. The lowest BCUT2D eigenvalue weighted by molar-refractivity contribution is -0.383. The van der Waals surface area contributed by atoms with E-state index >= 15 is 0 Å². The van der Waals surface area contributed by atoms with Gasteiger partial charge in [0.1, 0.15) is 5.69 Å². The lowest BCUT2D eigenvalue weighted by Gasteiger charge is -2.10. The number of rotatable bonds is 5. The number of hydrogen-bond acceptors (Lipinski definition) is 6. The Morgan fingerprint density at radius 2 is 1.81 bits per heavy atom. The van der Waals surface area contributed by atoms with Crippen molar-refractivity contribution in [2.24, 2.45) is 0 Å². The number of nitro groups is 1. The zero-order valence-corrected chi connectivity index (χ0v) is 14.8. The van der Waals surface area contributed by atoms with Gasteiger partial charge in [0.05, 0.1) is 4.92 Å². The van der Waals surface area contributed by atoms with Crippen LogP contribution in [0.2, 0.25) is 10.0 Å². The van der Waals surface area contributed by atoms with Crippen LogP contribution in [0, 0.1) is 10.1 Å². The van der Waals surface area contributed by atoms with E-state index < -0.39 is 4.92 Å². The second kappa shape index (κ2) is 7.55. The molecule has 3 N–H and O–H groups in total. The van der Waals surface area contributed by atoms with Crippen LogP contribution in [-0.4, -0.2) is 14.9 Å². The molecule has 1 aromatic heterocycles. The molecule has 0 bridgehead atoms. The zero-order valence-electron chi connectivity index (χ0n) is 13.3. The number of nitrogens with zero attached hydrogens (tertiary/aromatic N) is 3. The lowest BCUT2D eigenvalue weighted by Crippen LogP contribution is -2.03. The monoisotopic (exact) mass is 389 g/mol. The Kier molecular flexibility index (Phi) is 5.20. The Balaban J connectivity index is 1.87. The number of halogens is 2. The van der Waals surface area contributed by atoms with Gasteiger partial charge in [-0.05, 0) is 29.3 Å². The van der Waals surface area contributed by atoms with Crippen molar-refractivity contribution in [2.45, 2.75) is 6.54 Å². The Hall–Kier alpha value is -2.90. The second-order valence-electron chi connectivity index (χ2n) is 5.41. The molecule has 1 heterocycles. The van der Waals surface area contributed by atoms with Crippen molar-refractivity contribution >= 4 is 40.5 Å². The van der Waals surface area contributed by atoms with Gasteiger partial charge in [-0.2, -0.15) is 0 Å². The van der Waals surface area contributed by atoms with Crippen LogP contribution in [0.3, 0.4) is 0 Å². The average Bonchev–Trinajstić information content (AvgIpc) is 2.61. The highest BCUT2D eigenvalue weighted by Gasteiger charge is 2.16. The maximum Gasteiger partial charge on any atom is 0.292 e. The van der Waals surface area contributed by atoms with Crippen molar-refractivity contribution in [3.8, 4) is 11.1 Å². The van der Waals surface area contributed by atoms with E-state index in [1.807, 2.05) is 0 Å². The molecule has 0 aliphatic carbocycles. The summed E-state index contributed by atoms with van der Waals surface area (Å²) in [5.74, 6) is 0.140. The lowest BCUT2D eigenvalue weighted by atomic mass is 10.1. The molecular formula is C17H13Cl2N5O2. The highest BCUT2D eigenvalue weighted by molar-refractivity contribution is 6.35. The normalized spacial score (nSPS) is 10.5. The van der Waals surface area contributed by atoms with E-state index in [0.717, 1.165) is 5.56 Å². The fraction of sp³-hybridized carbons (Fsp3) is 0.0588. The van der Waals surface area contributed by atoms with Gasteiger partial charge in [0.15, 0.2) is 0 Å². The van der Waals surface area contributed by atoms with Crippen LogP contribution in [0.4, 0.5) is 17.3 Å². The Labute approximate surface area is 158 Å². The summed E-state index contributed by atoms with van der Waals surface area (Å²) in [6.45, 7) is 0.321. The van der Waals surface area contributed by atoms with Gasteiger partial charge in [0.2, 0.25) is 5.95 Å². The van der Waals surface area contributed by atoms with Gasteiger partial charge in [-0.1, -0.05) is 35.3 Å². The van der Waals surface area contributed by atoms with Crippen LogP contribution in [0.1, 0.15) is 5.56 Å². The molecule has 3 aromatic rings. The highest BCUT2D eigenvalue weighted by atomic mass is 35.5. The van der Waals surface area contributed by atoms with Crippen molar-refractivity contribution in [3.63, 3.8) is 0 Å². The fourth-order valence-corrected chi connectivity index (χ4v) is 2.83. The molecule has 132 valence electrons. The van der Waals surface area contributed by atoms with E-state index in [2.05, 4.69) is 15.3 Å². The van der Waals surface area contributed by atoms with Crippen molar-refractivity contribution in [3.05, 3.63) is 74.5 Å². The van der Waals surface area contributed by atoms with Gasteiger partial charge < -0.3 is 11.1 Å². The van der Waals surface area contributed by atoms with Gasteiger partial charge in [0, 0.05) is 40.6 Å².